The lowest BCUT2D eigenvalue weighted by Crippen LogP contribution is -2.30. The third-order valence-electron chi connectivity index (χ3n) is 6.01. The highest BCUT2D eigenvalue weighted by Gasteiger charge is 2.20. The number of benzene rings is 2. The first-order chi connectivity index (χ1) is 17.2. The van der Waals surface area contributed by atoms with E-state index in [2.05, 4.69) is 30.2 Å². The van der Waals surface area contributed by atoms with E-state index < -0.39 is 0 Å². The molecule has 0 amide bonds. The maximum absolute atomic E-state index is 5.91. The number of methoxy groups -OCH3 is 2. The van der Waals surface area contributed by atoms with Crippen LogP contribution in [-0.2, 0) is 13.1 Å². The van der Waals surface area contributed by atoms with E-state index in [0.717, 1.165) is 55.2 Å². The zero-order valence-electron chi connectivity index (χ0n) is 19.9. The van der Waals surface area contributed by atoms with Crippen molar-refractivity contribution in [2.45, 2.75) is 19.5 Å². The topological polar surface area (TPSA) is 103 Å². The molecule has 35 heavy (non-hydrogen) atoms. The van der Waals surface area contributed by atoms with Crippen molar-refractivity contribution in [3.8, 4) is 34.4 Å². The Labute approximate surface area is 203 Å². The second-order valence-electron chi connectivity index (χ2n) is 8.36. The Bertz CT molecular complexity index is 1130. The summed E-state index contributed by atoms with van der Waals surface area (Å²) in [7, 11) is 3.29. The van der Waals surface area contributed by atoms with Crippen LogP contribution in [0.3, 0.4) is 0 Å². The molecule has 0 N–H and O–H groups in total. The van der Waals surface area contributed by atoms with Gasteiger partial charge in [-0.15, -0.1) is 20.4 Å². The summed E-state index contributed by atoms with van der Waals surface area (Å²) in [6, 6.07) is 15.2. The Balaban J connectivity index is 1.14. The Morgan fingerprint density at radius 1 is 0.629 bits per heavy atom. The lowest BCUT2D eigenvalue weighted by atomic mass is 10.2. The summed E-state index contributed by atoms with van der Waals surface area (Å²) < 4.78 is 22.2. The molecule has 1 aliphatic heterocycles. The largest absolute Gasteiger partial charge is 0.497 e. The number of rotatable bonds is 8. The van der Waals surface area contributed by atoms with Crippen LogP contribution in [0.2, 0.25) is 0 Å². The van der Waals surface area contributed by atoms with Gasteiger partial charge in [0.05, 0.1) is 27.3 Å². The second-order valence-corrected chi connectivity index (χ2v) is 8.36. The SMILES string of the molecule is COc1ccc(-c2nnc(CN3CCCN(Cc4nnc(-c5ccc(OC)cc5)o4)CC3)o2)cc1. The van der Waals surface area contributed by atoms with E-state index >= 15 is 0 Å². The van der Waals surface area contributed by atoms with Crippen molar-refractivity contribution in [3.05, 3.63) is 60.3 Å². The highest BCUT2D eigenvalue weighted by atomic mass is 16.5. The lowest BCUT2D eigenvalue weighted by molar-refractivity contribution is 0.222. The summed E-state index contributed by atoms with van der Waals surface area (Å²) in [5, 5.41) is 16.9. The fourth-order valence-corrected chi connectivity index (χ4v) is 4.06. The molecule has 0 saturated carbocycles. The Morgan fingerprint density at radius 2 is 1.06 bits per heavy atom. The second kappa shape index (κ2) is 10.7. The molecule has 0 aliphatic carbocycles. The van der Waals surface area contributed by atoms with Gasteiger partial charge in [0.1, 0.15) is 11.5 Å². The molecule has 4 aromatic rings. The van der Waals surface area contributed by atoms with E-state index in [9.17, 15) is 0 Å². The van der Waals surface area contributed by atoms with Crippen molar-refractivity contribution >= 4 is 0 Å². The minimum atomic E-state index is 0.517. The highest BCUT2D eigenvalue weighted by molar-refractivity contribution is 5.54. The molecule has 10 heteroatoms. The van der Waals surface area contributed by atoms with Crippen molar-refractivity contribution in [1.29, 1.82) is 0 Å². The van der Waals surface area contributed by atoms with Gasteiger partial charge in [-0.2, -0.15) is 0 Å². The van der Waals surface area contributed by atoms with E-state index in [1.54, 1.807) is 14.2 Å². The van der Waals surface area contributed by atoms with Gasteiger partial charge >= 0.3 is 0 Å². The van der Waals surface area contributed by atoms with Gasteiger partial charge in [-0.25, -0.2) is 0 Å². The summed E-state index contributed by atoms with van der Waals surface area (Å²) in [6.07, 6.45) is 1.03. The van der Waals surface area contributed by atoms with E-state index in [1.165, 1.54) is 0 Å². The molecule has 0 unspecified atom stereocenters. The van der Waals surface area contributed by atoms with E-state index in [0.29, 0.717) is 36.7 Å². The molecule has 0 spiro atoms. The van der Waals surface area contributed by atoms with E-state index in [4.69, 9.17) is 18.3 Å². The molecule has 1 aliphatic rings. The van der Waals surface area contributed by atoms with Crippen LogP contribution in [0.25, 0.3) is 22.9 Å². The van der Waals surface area contributed by atoms with Crippen LogP contribution in [0.5, 0.6) is 11.5 Å². The van der Waals surface area contributed by atoms with Crippen molar-refractivity contribution < 1.29 is 18.3 Å². The molecule has 5 rings (SSSR count). The van der Waals surface area contributed by atoms with Crippen LogP contribution in [0.15, 0.2) is 57.4 Å². The van der Waals surface area contributed by atoms with Crippen molar-refractivity contribution in [2.24, 2.45) is 0 Å². The van der Waals surface area contributed by atoms with Crippen LogP contribution in [0.1, 0.15) is 18.2 Å². The third kappa shape index (κ3) is 5.67. The van der Waals surface area contributed by atoms with Gasteiger partial charge in [0, 0.05) is 24.2 Å². The van der Waals surface area contributed by atoms with Crippen molar-refractivity contribution in [2.75, 3.05) is 40.4 Å². The molecular formula is C25H28N6O4. The zero-order chi connectivity index (χ0) is 24.0. The first-order valence-electron chi connectivity index (χ1n) is 11.6. The molecule has 182 valence electrons. The molecule has 2 aromatic heterocycles. The van der Waals surface area contributed by atoms with Gasteiger partial charge in [-0.05, 0) is 68.0 Å². The number of aromatic nitrogens is 4. The Kier molecular flexibility index (Phi) is 7.01. The number of hydrogen-bond acceptors (Lipinski definition) is 10. The van der Waals surface area contributed by atoms with Crippen LogP contribution < -0.4 is 9.47 Å². The lowest BCUT2D eigenvalue weighted by Gasteiger charge is -2.19. The fourth-order valence-electron chi connectivity index (χ4n) is 4.06. The fraction of sp³-hybridized carbons (Fsp3) is 0.360. The predicted octanol–water partition coefficient (Wildman–Crippen LogP) is 3.51. The molecule has 10 nitrogen and oxygen atoms in total. The van der Waals surface area contributed by atoms with Crippen LogP contribution in [0, 0.1) is 0 Å². The van der Waals surface area contributed by atoms with Crippen LogP contribution >= 0.6 is 0 Å². The maximum atomic E-state index is 5.91. The van der Waals surface area contributed by atoms with Gasteiger partial charge < -0.3 is 18.3 Å². The predicted molar refractivity (Wildman–Crippen MR) is 128 cm³/mol. The molecule has 0 bridgehead atoms. The molecule has 1 saturated heterocycles. The summed E-state index contributed by atoms with van der Waals surface area (Å²) in [5.74, 6) is 3.85. The first kappa shape index (κ1) is 23.0. The standard InChI is InChI=1S/C25H28N6O4/c1-32-20-8-4-18(5-9-20)24-28-26-22(34-24)16-30-12-3-13-31(15-14-30)17-23-27-29-25(35-23)19-6-10-21(33-2)11-7-19/h4-11H,3,12-17H2,1-2H3. The maximum Gasteiger partial charge on any atom is 0.247 e. The molecule has 0 radical (unpaired) electrons. The minimum Gasteiger partial charge on any atom is -0.497 e. The smallest absolute Gasteiger partial charge is 0.247 e. The molecular weight excluding hydrogens is 448 g/mol. The van der Waals surface area contributed by atoms with Crippen LogP contribution in [0.4, 0.5) is 0 Å². The average molecular weight is 477 g/mol. The van der Waals surface area contributed by atoms with Gasteiger partial charge in [0.15, 0.2) is 0 Å². The van der Waals surface area contributed by atoms with Gasteiger partial charge in [-0.1, -0.05) is 0 Å². The third-order valence-corrected chi connectivity index (χ3v) is 6.01. The van der Waals surface area contributed by atoms with Gasteiger partial charge in [0.25, 0.3) is 0 Å². The Morgan fingerprint density at radius 3 is 1.46 bits per heavy atom. The van der Waals surface area contributed by atoms with E-state index in [1.807, 2.05) is 48.5 Å². The molecule has 0 atom stereocenters. The number of hydrogen-bond donors (Lipinski definition) is 0. The molecule has 3 heterocycles. The summed E-state index contributed by atoms with van der Waals surface area (Å²) in [6.45, 7) is 4.94. The highest BCUT2D eigenvalue weighted by Crippen LogP contribution is 2.23. The summed E-state index contributed by atoms with van der Waals surface area (Å²) in [5.41, 5.74) is 1.75. The van der Waals surface area contributed by atoms with Crippen molar-refractivity contribution in [1.82, 2.24) is 30.2 Å². The number of ether oxygens (including phenoxy) is 2. The minimum absolute atomic E-state index is 0.517. The molecule has 1 fully saturated rings. The Hall–Kier alpha value is -3.76. The normalized spacial score (nSPS) is 15.1. The molecule has 2 aromatic carbocycles. The van der Waals surface area contributed by atoms with Crippen LogP contribution in [-0.4, -0.2) is 70.6 Å². The average Bonchev–Trinajstić information content (AvgIpc) is 3.51. The summed E-state index contributed by atoms with van der Waals surface area (Å²) in [4.78, 5) is 4.67. The van der Waals surface area contributed by atoms with Gasteiger partial charge in [-0.3, -0.25) is 9.80 Å². The summed E-state index contributed by atoms with van der Waals surface area (Å²) >= 11 is 0. The van der Waals surface area contributed by atoms with Crippen molar-refractivity contribution in [3.63, 3.8) is 0 Å². The quantitative estimate of drug-likeness (QED) is 0.375. The zero-order valence-corrected chi connectivity index (χ0v) is 19.9. The first-order valence-corrected chi connectivity index (χ1v) is 11.6. The van der Waals surface area contributed by atoms with E-state index in [-0.39, 0.29) is 0 Å². The number of nitrogens with zero attached hydrogens (tertiary/aromatic N) is 6. The van der Waals surface area contributed by atoms with Gasteiger partial charge in [0.2, 0.25) is 23.6 Å². The monoisotopic (exact) mass is 476 g/mol.